The van der Waals surface area contributed by atoms with Gasteiger partial charge in [-0.25, -0.2) is 18.7 Å². The Kier molecular flexibility index (Phi) is 3.16. The Balaban J connectivity index is 2.44. The van der Waals surface area contributed by atoms with E-state index in [2.05, 4.69) is 25.9 Å². The Morgan fingerprint density at radius 2 is 1.86 bits per heavy atom. The summed E-state index contributed by atoms with van der Waals surface area (Å²) in [7, 11) is 0. The maximum absolute atomic E-state index is 14.2. The number of aromatic nitrogens is 3. The molecule has 0 amide bonds. The molecule has 0 saturated carbocycles. The summed E-state index contributed by atoms with van der Waals surface area (Å²) >= 11 is 3.07. The average molecular weight is 353 g/mol. The third-order valence-electron chi connectivity index (χ3n) is 3.55. The van der Waals surface area contributed by atoms with E-state index >= 15 is 0 Å². The number of halogens is 3. The molecule has 2 N–H and O–H groups in total. The monoisotopic (exact) mass is 352 g/mol. The van der Waals surface area contributed by atoms with E-state index in [0.717, 1.165) is 17.3 Å². The Hall–Kier alpha value is -2.02. The number of aryl methyl sites for hydroxylation is 1. The first-order valence-corrected chi connectivity index (χ1v) is 6.94. The molecule has 0 fully saturated rings. The van der Waals surface area contributed by atoms with Crippen molar-refractivity contribution in [2.45, 2.75) is 13.8 Å². The first kappa shape index (κ1) is 13.9. The first-order chi connectivity index (χ1) is 9.91. The number of benzene rings is 1. The van der Waals surface area contributed by atoms with Gasteiger partial charge in [-0.15, -0.1) is 0 Å². The van der Waals surface area contributed by atoms with Gasteiger partial charge in [0.15, 0.2) is 5.65 Å². The van der Waals surface area contributed by atoms with Crippen molar-refractivity contribution in [2.75, 3.05) is 5.73 Å². The van der Waals surface area contributed by atoms with Crippen molar-refractivity contribution in [3.63, 3.8) is 0 Å². The number of nitrogens with zero attached hydrogens (tertiary/aromatic N) is 3. The van der Waals surface area contributed by atoms with Crippen LogP contribution in [0.15, 0.2) is 22.9 Å². The van der Waals surface area contributed by atoms with Gasteiger partial charge in [-0.3, -0.25) is 4.57 Å². The van der Waals surface area contributed by atoms with Crippen LogP contribution in [0.4, 0.5) is 14.6 Å². The maximum Gasteiger partial charge on any atom is 0.150 e. The van der Waals surface area contributed by atoms with Gasteiger partial charge in [-0.2, -0.15) is 0 Å². The second-order valence-electron chi connectivity index (χ2n) is 4.72. The maximum atomic E-state index is 14.2. The van der Waals surface area contributed by atoms with Crippen LogP contribution in [0.5, 0.6) is 0 Å². The third-order valence-corrected chi connectivity index (χ3v) is 4.16. The molecule has 1 aromatic carbocycles. The Morgan fingerprint density at radius 3 is 2.57 bits per heavy atom. The van der Waals surface area contributed by atoms with E-state index in [4.69, 9.17) is 5.73 Å². The van der Waals surface area contributed by atoms with Gasteiger partial charge in [-0.05, 0) is 41.4 Å². The van der Waals surface area contributed by atoms with E-state index in [-0.39, 0.29) is 10.2 Å². The van der Waals surface area contributed by atoms with Crippen LogP contribution in [-0.4, -0.2) is 14.5 Å². The highest BCUT2D eigenvalue weighted by Gasteiger charge is 2.19. The molecule has 108 valence electrons. The zero-order valence-electron chi connectivity index (χ0n) is 11.3. The molecule has 0 atom stereocenters. The second-order valence-corrected chi connectivity index (χ2v) is 5.58. The standard InChI is InChI=1S/C14H11BrF2N4/c1-6-7(2)21(14-12(6)13(18)19-5-20-14)11-3-8(15)9(16)4-10(11)17/h3-5H,1-2H3,(H2,18,19,20). The molecule has 3 aromatic rings. The smallest absolute Gasteiger partial charge is 0.150 e. The molecular formula is C14H11BrF2N4. The van der Waals surface area contributed by atoms with Crippen molar-refractivity contribution in [3.8, 4) is 5.69 Å². The molecule has 0 saturated heterocycles. The lowest BCUT2D eigenvalue weighted by Crippen LogP contribution is -2.03. The van der Waals surface area contributed by atoms with Crippen LogP contribution in [0.3, 0.4) is 0 Å². The van der Waals surface area contributed by atoms with Crippen LogP contribution < -0.4 is 5.73 Å². The van der Waals surface area contributed by atoms with E-state index in [9.17, 15) is 8.78 Å². The van der Waals surface area contributed by atoms with Crippen molar-refractivity contribution in [1.82, 2.24) is 14.5 Å². The van der Waals surface area contributed by atoms with E-state index in [0.29, 0.717) is 16.9 Å². The molecule has 7 heteroatoms. The number of hydrogen-bond donors (Lipinski definition) is 1. The fourth-order valence-electron chi connectivity index (χ4n) is 2.40. The molecule has 3 rings (SSSR count). The van der Waals surface area contributed by atoms with E-state index in [1.165, 1.54) is 12.4 Å². The van der Waals surface area contributed by atoms with Gasteiger partial charge in [0.2, 0.25) is 0 Å². The minimum absolute atomic E-state index is 0.180. The molecule has 0 bridgehead atoms. The summed E-state index contributed by atoms with van der Waals surface area (Å²) in [4.78, 5) is 8.15. The van der Waals surface area contributed by atoms with E-state index in [1.54, 1.807) is 4.57 Å². The summed E-state index contributed by atoms with van der Waals surface area (Å²) in [5.74, 6) is -0.995. The summed E-state index contributed by atoms with van der Waals surface area (Å²) < 4.78 is 29.4. The molecule has 0 unspecified atom stereocenters. The van der Waals surface area contributed by atoms with Gasteiger partial charge >= 0.3 is 0 Å². The minimum atomic E-state index is -0.673. The molecule has 0 aliphatic rings. The van der Waals surface area contributed by atoms with Gasteiger partial charge in [0, 0.05) is 11.8 Å². The zero-order chi connectivity index (χ0) is 15.3. The number of rotatable bonds is 1. The largest absolute Gasteiger partial charge is 0.383 e. The predicted molar refractivity (Wildman–Crippen MR) is 80.4 cm³/mol. The molecule has 2 heterocycles. The molecule has 4 nitrogen and oxygen atoms in total. The van der Waals surface area contributed by atoms with Crippen molar-refractivity contribution in [3.05, 3.63) is 45.8 Å². The Morgan fingerprint density at radius 1 is 1.14 bits per heavy atom. The number of anilines is 1. The van der Waals surface area contributed by atoms with Crippen LogP contribution >= 0.6 is 15.9 Å². The highest BCUT2D eigenvalue weighted by molar-refractivity contribution is 9.10. The SMILES string of the molecule is Cc1c(C)n(-c2cc(Br)c(F)cc2F)c2ncnc(N)c12. The van der Waals surface area contributed by atoms with E-state index in [1.807, 2.05) is 13.8 Å². The summed E-state index contributed by atoms with van der Waals surface area (Å²) in [6, 6.07) is 2.22. The summed E-state index contributed by atoms with van der Waals surface area (Å²) in [6.45, 7) is 3.69. The fraction of sp³-hybridized carbons (Fsp3) is 0.143. The molecule has 0 aliphatic carbocycles. The van der Waals surface area contributed by atoms with Gasteiger partial charge in [0.05, 0.1) is 15.5 Å². The van der Waals surface area contributed by atoms with Crippen LogP contribution in [0.1, 0.15) is 11.3 Å². The first-order valence-electron chi connectivity index (χ1n) is 6.14. The molecule has 0 spiro atoms. The topological polar surface area (TPSA) is 56.7 Å². The average Bonchev–Trinajstić information content (AvgIpc) is 2.68. The van der Waals surface area contributed by atoms with Crippen LogP contribution in [-0.2, 0) is 0 Å². The lowest BCUT2D eigenvalue weighted by molar-refractivity contribution is 0.573. The minimum Gasteiger partial charge on any atom is -0.383 e. The zero-order valence-corrected chi connectivity index (χ0v) is 12.9. The van der Waals surface area contributed by atoms with Crippen LogP contribution in [0.25, 0.3) is 16.7 Å². The highest BCUT2D eigenvalue weighted by Crippen LogP contribution is 2.32. The fourth-order valence-corrected chi connectivity index (χ4v) is 2.74. The number of fused-ring (bicyclic) bond motifs is 1. The molecule has 2 aromatic heterocycles. The van der Waals surface area contributed by atoms with Gasteiger partial charge < -0.3 is 5.73 Å². The van der Waals surface area contributed by atoms with E-state index < -0.39 is 11.6 Å². The molecule has 0 aliphatic heterocycles. The van der Waals surface area contributed by atoms with Gasteiger partial charge in [0.25, 0.3) is 0 Å². The molecular weight excluding hydrogens is 342 g/mol. The van der Waals surface area contributed by atoms with Gasteiger partial charge in [-0.1, -0.05) is 0 Å². The Bertz CT molecular complexity index is 873. The van der Waals surface area contributed by atoms with Crippen molar-refractivity contribution >= 4 is 32.8 Å². The highest BCUT2D eigenvalue weighted by atomic mass is 79.9. The van der Waals surface area contributed by atoms with Crippen molar-refractivity contribution in [2.24, 2.45) is 0 Å². The summed E-state index contributed by atoms with van der Waals surface area (Å²) in [5, 5.41) is 0.676. The Labute approximate surface area is 127 Å². The van der Waals surface area contributed by atoms with Gasteiger partial charge in [0.1, 0.15) is 23.8 Å². The lowest BCUT2D eigenvalue weighted by Gasteiger charge is -2.10. The normalized spacial score (nSPS) is 11.3. The second kappa shape index (κ2) is 4.77. The summed E-state index contributed by atoms with van der Waals surface area (Å²) in [6.07, 6.45) is 1.32. The number of nitrogens with two attached hydrogens (primary N) is 1. The summed E-state index contributed by atoms with van der Waals surface area (Å²) in [5.41, 5.74) is 8.22. The third kappa shape index (κ3) is 1.99. The van der Waals surface area contributed by atoms with Crippen LogP contribution in [0, 0.1) is 25.5 Å². The quantitative estimate of drug-likeness (QED) is 0.680. The predicted octanol–water partition coefficient (Wildman–Crippen LogP) is 3.66. The number of hydrogen-bond acceptors (Lipinski definition) is 3. The molecule has 0 radical (unpaired) electrons. The lowest BCUT2D eigenvalue weighted by atomic mass is 10.2. The number of nitrogen functional groups attached to an aromatic ring is 1. The van der Waals surface area contributed by atoms with Crippen molar-refractivity contribution in [1.29, 1.82) is 0 Å². The van der Waals surface area contributed by atoms with Crippen LogP contribution in [0.2, 0.25) is 0 Å². The molecule has 21 heavy (non-hydrogen) atoms. The van der Waals surface area contributed by atoms with Crippen molar-refractivity contribution < 1.29 is 8.78 Å².